The lowest BCUT2D eigenvalue weighted by Crippen LogP contribution is -2.40. The molecule has 0 aliphatic carbocycles. The van der Waals surface area contributed by atoms with Crippen molar-refractivity contribution >= 4 is 29.1 Å². The Hall–Kier alpha value is -2.67. The summed E-state index contributed by atoms with van der Waals surface area (Å²) in [6, 6.07) is 16.0. The minimum absolute atomic E-state index is 0. The Balaban J connectivity index is 0.00000272. The van der Waals surface area contributed by atoms with E-state index in [1.165, 1.54) is 19.2 Å². The van der Waals surface area contributed by atoms with Gasteiger partial charge in [0.05, 0.1) is 19.8 Å². The molecule has 1 saturated heterocycles. The number of hydrogen-bond acceptors (Lipinski definition) is 4. The van der Waals surface area contributed by atoms with Crippen molar-refractivity contribution < 1.29 is 18.7 Å². The number of carbonyl (C=O) groups is 1. The summed E-state index contributed by atoms with van der Waals surface area (Å²) in [6.07, 6.45) is 0.921. The Morgan fingerprint density at radius 2 is 2.06 bits per heavy atom. The van der Waals surface area contributed by atoms with Gasteiger partial charge in [-0.15, -0.1) is 12.4 Å². The van der Waals surface area contributed by atoms with Crippen LogP contribution in [-0.2, 0) is 4.74 Å². The van der Waals surface area contributed by atoms with Crippen LogP contribution in [0.3, 0.4) is 0 Å². The zero-order valence-corrected chi connectivity index (χ0v) is 18.1. The molecule has 7 heteroatoms. The monoisotopic (exact) mass is 444 g/mol. The van der Waals surface area contributed by atoms with E-state index < -0.39 is 0 Å². The standard InChI is InChI=1S/C24H25FN2O3.ClH/c1-29-23-14-18(25)6-8-22(23)21-4-2-3-16-13-17(5-7-20(16)21)24(28)27-10-9-19-15-26-11-12-30-19;/h2-8,13-14,19,26H,9-12,15H2,1H3,(H,27,28);1H. The molecule has 3 aromatic carbocycles. The van der Waals surface area contributed by atoms with Gasteiger partial charge in [0.15, 0.2) is 0 Å². The van der Waals surface area contributed by atoms with Crippen LogP contribution in [0.15, 0.2) is 54.6 Å². The Kier molecular flexibility index (Phi) is 7.85. The third-order valence-electron chi connectivity index (χ3n) is 5.35. The van der Waals surface area contributed by atoms with Crippen molar-refractivity contribution in [3.63, 3.8) is 0 Å². The molecule has 0 radical (unpaired) electrons. The van der Waals surface area contributed by atoms with Crippen LogP contribution in [0.1, 0.15) is 16.8 Å². The van der Waals surface area contributed by atoms with Crippen LogP contribution in [0.4, 0.5) is 4.39 Å². The fraction of sp³-hybridized carbons (Fsp3) is 0.292. The molecule has 1 heterocycles. The maximum absolute atomic E-state index is 13.6. The quantitative estimate of drug-likeness (QED) is 0.598. The number of nitrogens with one attached hydrogen (secondary N) is 2. The lowest BCUT2D eigenvalue weighted by atomic mass is 9.96. The maximum Gasteiger partial charge on any atom is 0.251 e. The van der Waals surface area contributed by atoms with E-state index in [0.29, 0.717) is 24.5 Å². The summed E-state index contributed by atoms with van der Waals surface area (Å²) in [6.45, 7) is 2.98. The number of carbonyl (C=O) groups excluding carboxylic acids is 1. The molecule has 0 spiro atoms. The molecule has 1 aliphatic heterocycles. The Morgan fingerprint density at radius 1 is 1.19 bits per heavy atom. The molecule has 3 aromatic rings. The first-order chi connectivity index (χ1) is 14.7. The van der Waals surface area contributed by atoms with Crippen LogP contribution in [-0.4, -0.2) is 45.4 Å². The van der Waals surface area contributed by atoms with Crippen molar-refractivity contribution in [3.05, 3.63) is 66.0 Å². The highest BCUT2D eigenvalue weighted by atomic mass is 35.5. The number of fused-ring (bicyclic) bond motifs is 1. The summed E-state index contributed by atoms with van der Waals surface area (Å²) in [4.78, 5) is 12.6. The zero-order valence-electron chi connectivity index (χ0n) is 17.3. The Bertz CT molecular complexity index is 1050. The topological polar surface area (TPSA) is 59.6 Å². The van der Waals surface area contributed by atoms with Crippen LogP contribution >= 0.6 is 12.4 Å². The highest BCUT2D eigenvalue weighted by Crippen LogP contribution is 2.35. The van der Waals surface area contributed by atoms with Crippen LogP contribution in [0.25, 0.3) is 21.9 Å². The van der Waals surface area contributed by atoms with E-state index in [-0.39, 0.29) is 30.2 Å². The third-order valence-corrected chi connectivity index (χ3v) is 5.35. The van der Waals surface area contributed by atoms with Crippen molar-refractivity contribution in [1.82, 2.24) is 10.6 Å². The van der Waals surface area contributed by atoms with Crippen LogP contribution in [0.2, 0.25) is 0 Å². The lowest BCUT2D eigenvalue weighted by molar-refractivity contribution is 0.0239. The fourth-order valence-electron chi connectivity index (χ4n) is 3.80. The second kappa shape index (κ2) is 10.6. The summed E-state index contributed by atoms with van der Waals surface area (Å²) in [5, 5.41) is 8.17. The average molecular weight is 445 g/mol. The number of hydrogen-bond donors (Lipinski definition) is 2. The average Bonchev–Trinajstić information content (AvgIpc) is 2.79. The van der Waals surface area contributed by atoms with Gasteiger partial charge in [-0.05, 0) is 47.0 Å². The van der Waals surface area contributed by atoms with Gasteiger partial charge in [-0.25, -0.2) is 4.39 Å². The van der Waals surface area contributed by atoms with Gasteiger partial charge in [0.1, 0.15) is 11.6 Å². The number of halogens is 2. The molecule has 4 rings (SSSR count). The molecule has 31 heavy (non-hydrogen) atoms. The second-order valence-electron chi connectivity index (χ2n) is 7.33. The van der Waals surface area contributed by atoms with Crippen molar-refractivity contribution in [2.45, 2.75) is 12.5 Å². The lowest BCUT2D eigenvalue weighted by Gasteiger charge is -2.23. The molecule has 1 fully saturated rings. The van der Waals surface area contributed by atoms with E-state index in [9.17, 15) is 9.18 Å². The molecule has 1 atom stereocenters. The fourth-order valence-corrected chi connectivity index (χ4v) is 3.80. The first-order valence-electron chi connectivity index (χ1n) is 10.1. The van der Waals surface area contributed by atoms with Crippen molar-refractivity contribution in [1.29, 1.82) is 0 Å². The number of ether oxygens (including phenoxy) is 2. The summed E-state index contributed by atoms with van der Waals surface area (Å²) in [5.74, 6) is 0.0263. The van der Waals surface area contributed by atoms with Crippen LogP contribution in [0, 0.1) is 5.82 Å². The number of morpholine rings is 1. The summed E-state index contributed by atoms with van der Waals surface area (Å²) >= 11 is 0. The van der Waals surface area contributed by atoms with E-state index in [2.05, 4.69) is 10.6 Å². The Morgan fingerprint density at radius 3 is 2.84 bits per heavy atom. The van der Waals surface area contributed by atoms with E-state index in [0.717, 1.165) is 41.4 Å². The van der Waals surface area contributed by atoms with Gasteiger partial charge in [-0.3, -0.25) is 4.79 Å². The first-order valence-corrected chi connectivity index (χ1v) is 10.1. The van der Waals surface area contributed by atoms with E-state index in [1.807, 2.05) is 36.4 Å². The zero-order chi connectivity index (χ0) is 20.9. The second-order valence-corrected chi connectivity index (χ2v) is 7.33. The van der Waals surface area contributed by atoms with E-state index in [1.54, 1.807) is 6.07 Å². The molecule has 164 valence electrons. The molecule has 0 saturated carbocycles. The molecule has 1 aliphatic rings. The molecule has 0 bridgehead atoms. The van der Waals surface area contributed by atoms with Gasteiger partial charge in [0.2, 0.25) is 0 Å². The van der Waals surface area contributed by atoms with Crippen molar-refractivity contribution in [3.8, 4) is 16.9 Å². The number of rotatable bonds is 6. The number of benzene rings is 3. The summed E-state index contributed by atoms with van der Waals surface area (Å²) in [7, 11) is 1.53. The van der Waals surface area contributed by atoms with E-state index >= 15 is 0 Å². The molecular weight excluding hydrogens is 419 g/mol. The third kappa shape index (κ3) is 5.34. The van der Waals surface area contributed by atoms with Gasteiger partial charge in [0, 0.05) is 36.8 Å². The van der Waals surface area contributed by atoms with Gasteiger partial charge < -0.3 is 20.1 Å². The Labute approximate surface area is 187 Å². The van der Waals surface area contributed by atoms with E-state index in [4.69, 9.17) is 9.47 Å². The molecule has 1 unspecified atom stereocenters. The first kappa shape index (κ1) is 23.0. The normalized spacial score (nSPS) is 15.9. The largest absolute Gasteiger partial charge is 0.496 e. The summed E-state index contributed by atoms with van der Waals surface area (Å²) < 4.78 is 24.6. The number of amides is 1. The molecular formula is C24H26ClFN2O3. The van der Waals surface area contributed by atoms with Crippen molar-refractivity contribution in [2.75, 3.05) is 33.4 Å². The smallest absolute Gasteiger partial charge is 0.251 e. The number of methoxy groups -OCH3 is 1. The molecule has 0 aromatic heterocycles. The molecule has 5 nitrogen and oxygen atoms in total. The van der Waals surface area contributed by atoms with Gasteiger partial charge >= 0.3 is 0 Å². The predicted molar refractivity (Wildman–Crippen MR) is 123 cm³/mol. The minimum atomic E-state index is -0.343. The molecule has 1 amide bonds. The highest BCUT2D eigenvalue weighted by Gasteiger charge is 2.15. The minimum Gasteiger partial charge on any atom is -0.496 e. The van der Waals surface area contributed by atoms with Gasteiger partial charge in [-0.1, -0.05) is 24.3 Å². The van der Waals surface area contributed by atoms with Crippen molar-refractivity contribution in [2.24, 2.45) is 0 Å². The van der Waals surface area contributed by atoms with Crippen LogP contribution < -0.4 is 15.4 Å². The molecule has 2 N–H and O–H groups in total. The van der Waals surface area contributed by atoms with Gasteiger partial charge in [-0.2, -0.15) is 0 Å². The van der Waals surface area contributed by atoms with Crippen LogP contribution in [0.5, 0.6) is 5.75 Å². The maximum atomic E-state index is 13.6. The summed E-state index contributed by atoms with van der Waals surface area (Å²) in [5.41, 5.74) is 2.34. The van der Waals surface area contributed by atoms with Gasteiger partial charge in [0.25, 0.3) is 5.91 Å². The predicted octanol–water partition coefficient (Wildman–Crippen LogP) is 4.18. The SMILES string of the molecule is COc1cc(F)ccc1-c1cccc2cc(C(=O)NCCC3CNCCO3)ccc12.Cl. The highest BCUT2D eigenvalue weighted by molar-refractivity contribution is 6.03.